The molecular weight excluding hydrogens is 442 g/mol. The molecule has 6 aromatic rings. The van der Waals surface area contributed by atoms with Crippen molar-refractivity contribution in [1.82, 2.24) is 30.1 Å². The molecule has 6 heterocycles. The van der Waals surface area contributed by atoms with E-state index in [4.69, 9.17) is 4.42 Å². The van der Waals surface area contributed by atoms with Crippen LogP contribution in [-0.2, 0) is 4.79 Å². The minimum absolute atomic E-state index is 0.0535. The Labute approximate surface area is 198 Å². The van der Waals surface area contributed by atoms with Crippen LogP contribution in [0.2, 0.25) is 0 Å². The molecule has 0 radical (unpaired) electrons. The smallest absolute Gasteiger partial charge is 0.227 e. The number of nitrogens with one attached hydrogen (secondary N) is 3. The van der Waals surface area contributed by atoms with Crippen LogP contribution in [0.25, 0.3) is 55.6 Å². The Balaban J connectivity index is 1.29. The van der Waals surface area contributed by atoms with Crippen molar-refractivity contribution in [1.29, 1.82) is 0 Å². The van der Waals surface area contributed by atoms with Crippen molar-refractivity contribution in [3.8, 4) is 33.6 Å². The molecule has 0 aliphatic heterocycles. The number of H-pyrrole nitrogens is 2. The molecule has 0 bridgehead atoms. The van der Waals surface area contributed by atoms with Crippen LogP contribution in [-0.4, -0.2) is 36.0 Å². The summed E-state index contributed by atoms with van der Waals surface area (Å²) in [5.74, 6) is 0.184. The summed E-state index contributed by atoms with van der Waals surface area (Å²) in [6, 6.07) is 7.95. The van der Waals surface area contributed by atoms with Crippen LogP contribution in [0.4, 0.5) is 5.69 Å². The average molecular weight is 461 g/mol. The molecule has 0 unspecified atom stereocenters. The van der Waals surface area contributed by atoms with Crippen molar-refractivity contribution in [2.24, 2.45) is 5.92 Å². The summed E-state index contributed by atoms with van der Waals surface area (Å²) < 4.78 is 5.26. The molecule has 3 N–H and O–H groups in total. The number of rotatable bonds is 5. The van der Waals surface area contributed by atoms with Crippen molar-refractivity contribution >= 4 is 33.5 Å². The fraction of sp³-hybridized carbons (Fsp3) is 0.115. The number of pyridine rings is 3. The maximum Gasteiger partial charge on any atom is 0.227 e. The van der Waals surface area contributed by atoms with Gasteiger partial charge in [-0.25, -0.2) is 4.98 Å². The Morgan fingerprint density at radius 1 is 0.971 bits per heavy atom. The summed E-state index contributed by atoms with van der Waals surface area (Å²) in [6.07, 6.45) is 14.1. The third-order valence-electron chi connectivity index (χ3n) is 6.34. The van der Waals surface area contributed by atoms with Crippen LogP contribution >= 0.6 is 0 Å². The molecule has 1 amide bonds. The van der Waals surface area contributed by atoms with Crippen molar-refractivity contribution in [3.63, 3.8) is 0 Å². The molecule has 9 nitrogen and oxygen atoms in total. The highest BCUT2D eigenvalue weighted by Gasteiger charge is 2.29. The van der Waals surface area contributed by atoms with Crippen LogP contribution in [0.5, 0.6) is 0 Å². The van der Waals surface area contributed by atoms with Gasteiger partial charge >= 0.3 is 0 Å². The molecule has 0 saturated heterocycles. The third kappa shape index (κ3) is 3.45. The highest BCUT2D eigenvalue weighted by atomic mass is 16.3. The first kappa shape index (κ1) is 19.7. The molecule has 0 aromatic carbocycles. The standard InChI is InChI=1S/C26H19N7O2/c34-26(14-1-2-14)30-18-5-16(8-27-10-18)17-6-20-24(32-33-25(20)29-9-17)22-7-19-21(15-3-4-35-13-15)11-28-12-23(19)31-22/h3-14,31H,1-2H2,(H,30,34)(H,29,32,33). The van der Waals surface area contributed by atoms with E-state index < -0.39 is 0 Å². The van der Waals surface area contributed by atoms with E-state index in [-0.39, 0.29) is 11.8 Å². The number of hydrogen-bond acceptors (Lipinski definition) is 6. The summed E-state index contributed by atoms with van der Waals surface area (Å²) in [7, 11) is 0. The first-order valence-corrected chi connectivity index (χ1v) is 11.3. The lowest BCUT2D eigenvalue weighted by Crippen LogP contribution is -2.13. The molecule has 6 aromatic heterocycles. The van der Waals surface area contributed by atoms with E-state index in [9.17, 15) is 4.79 Å². The SMILES string of the molecule is O=C(Nc1cncc(-c2cnc3n[nH]c(-c4cc5c(-c6ccoc6)cncc5[nH]4)c3c2)c1)C1CC1. The van der Waals surface area contributed by atoms with Crippen LogP contribution < -0.4 is 5.32 Å². The molecule has 1 fully saturated rings. The minimum atomic E-state index is 0.0535. The van der Waals surface area contributed by atoms with Crippen LogP contribution in [0, 0.1) is 5.92 Å². The van der Waals surface area contributed by atoms with Crippen LogP contribution in [0.1, 0.15) is 12.8 Å². The second-order valence-corrected chi connectivity index (χ2v) is 8.76. The summed E-state index contributed by atoms with van der Waals surface area (Å²) >= 11 is 0. The molecule has 0 spiro atoms. The highest BCUT2D eigenvalue weighted by molar-refractivity contribution is 6.00. The molecular formula is C26H19N7O2. The number of aromatic amines is 2. The molecule has 1 aliphatic carbocycles. The van der Waals surface area contributed by atoms with Gasteiger partial charge in [0.2, 0.25) is 5.91 Å². The summed E-state index contributed by atoms with van der Waals surface area (Å²) in [6.45, 7) is 0. The predicted octanol–water partition coefficient (Wildman–Crippen LogP) is 5.17. The molecule has 7 rings (SSSR count). The van der Waals surface area contributed by atoms with Crippen molar-refractivity contribution < 1.29 is 9.21 Å². The van der Waals surface area contributed by atoms with Gasteiger partial charge in [0, 0.05) is 57.5 Å². The number of aromatic nitrogens is 6. The number of carbonyl (C=O) groups excluding carboxylic acids is 1. The van der Waals surface area contributed by atoms with E-state index in [2.05, 4.69) is 41.5 Å². The maximum atomic E-state index is 12.2. The fourth-order valence-electron chi connectivity index (χ4n) is 4.35. The molecule has 9 heteroatoms. The second-order valence-electron chi connectivity index (χ2n) is 8.76. The topological polar surface area (TPSA) is 125 Å². The number of nitrogens with zero attached hydrogens (tertiary/aromatic N) is 4. The minimum Gasteiger partial charge on any atom is -0.472 e. The van der Waals surface area contributed by atoms with E-state index in [1.165, 1.54) is 0 Å². The van der Waals surface area contributed by atoms with Crippen LogP contribution in [0.15, 0.2) is 72.2 Å². The number of fused-ring (bicyclic) bond motifs is 2. The first-order valence-electron chi connectivity index (χ1n) is 11.3. The summed E-state index contributed by atoms with van der Waals surface area (Å²) in [5.41, 5.74) is 7.61. The largest absolute Gasteiger partial charge is 0.472 e. The predicted molar refractivity (Wildman–Crippen MR) is 131 cm³/mol. The maximum absolute atomic E-state index is 12.2. The van der Waals surface area contributed by atoms with E-state index >= 15 is 0 Å². The normalized spacial score (nSPS) is 13.5. The summed E-state index contributed by atoms with van der Waals surface area (Å²) in [5, 5.41) is 12.4. The van der Waals surface area contributed by atoms with Gasteiger partial charge < -0.3 is 14.7 Å². The molecule has 1 aliphatic rings. The Morgan fingerprint density at radius 2 is 1.86 bits per heavy atom. The number of carbonyl (C=O) groups is 1. The lowest BCUT2D eigenvalue weighted by Gasteiger charge is -2.07. The zero-order valence-electron chi connectivity index (χ0n) is 18.4. The zero-order chi connectivity index (χ0) is 23.4. The van der Waals surface area contributed by atoms with Gasteiger partial charge in [0.05, 0.1) is 47.5 Å². The van der Waals surface area contributed by atoms with Gasteiger partial charge in [0.25, 0.3) is 0 Å². The molecule has 1 saturated carbocycles. The average Bonchev–Trinajstić information content (AvgIpc) is 3.26. The second kappa shape index (κ2) is 7.63. The quantitative estimate of drug-likeness (QED) is 0.325. The lowest BCUT2D eigenvalue weighted by molar-refractivity contribution is -0.117. The third-order valence-corrected chi connectivity index (χ3v) is 6.34. The number of amides is 1. The van der Waals surface area contributed by atoms with E-state index in [0.717, 1.165) is 62.8 Å². The fourth-order valence-corrected chi connectivity index (χ4v) is 4.35. The van der Waals surface area contributed by atoms with E-state index in [1.807, 2.05) is 24.4 Å². The zero-order valence-corrected chi connectivity index (χ0v) is 18.4. The monoisotopic (exact) mass is 461 g/mol. The van der Waals surface area contributed by atoms with E-state index in [0.29, 0.717) is 11.3 Å². The molecule has 0 atom stereocenters. The Bertz CT molecular complexity index is 1710. The number of hydrogen-bond donors (Lipinski definition) is 3. The van der Waals surface area contributed by atoms with Crippen LogP contribution in [0.3, 0.4) is 0 Å². The van der Waals surface area contributed by atoms with Gasteiger partial charge in [-0.15, -0.1) is 0 Å². The van der Waals surface area contributed by atoms with Crippen molar-refractivity contribution in [2.45, 2.75) is 12.8 Å². The van der Waals surface area contributed by atoms with Crippen molar-refractivity contribution in [3.05, 3.63) is 67.8 Å². The van der Waals surface area contributed by atoms with Gasteiger partial charge in [-0.2, -0.15) is 5.10 Å². The first-order chi connectivity index (χ1) is 17.2. The van der Waals surface area contributed by atoms with Gasteiger partial charge in [0.1, 0.15) is 0 Å². The summed E-state index contributed by atoms with van der Waals surface area (Å²) in [4.78, 5) is 28.8. The molecule has 170 valence electrons. The van der Waals surface area contributed by atoms with Gasteiger partial charge in [-0.3, -0.25) is 19.9 Å². The van der Waals surface area contributed by atoms with Gasteiger partial charge in [-0.1, -0.05) is 0 Å². The number of furan rings is 1. The van der Waals surface area contributed by atoms with E-state index in [1.54, 1.807) is 37.3 Å². The molecule has 35 heavy (non-hydrogen) atoms. The highest BCUT2D eigenvalue weighted by Crippen LogP contribution is 2.35. The Hall–Kier alpha value is -4.79. The number of anilines is 1. The Kier molecular flexibility index (Phi) is 4.28. The van der Waals surface area contributed by atoms with Gasteiger partial charge in [-0.05, 0) is 37.1 Å². The Morgan fingerprint density at radius 3 is 2.71 bits per heavy atom. The lowest BCUT2D eigenvalue weighted by atomic mass is 10.1. The van der Waals surface area contributed by atoms with Gasteiger partial charge in [0.15, 0.2) is 5.65 Å². The van der Waals surface area contributed by atoms with Crippen molar-refractivity contribution in [2.75, 3.05) is 5.32 Å².